The highest BCUT2D eigenvalue weighted by Gasteiger charge is 2.14. The van der Waals surface area contributed by atoms with Crippen LogP contribution in [-0.2, 0) is 11.3 Å². The molecule has 0 spiro atoms. The van der Waals surface area contributed by atoms with Gasteiger partial charge in [-0.25, -0.2) is 0 Å². The van der Waals surface area contributed by atoms with Gasteiger partial charge in [0.2, 0.25) is 12.7 Å². The van der Waals surface area contributed by atoms with Crippen LogP contribution in [0.5, 0.6) is 11.5 Å². The second-order valence-corrected chi connectivity index (χ2v) is 5.15. The minimum Gasteiger partial charge on any atom is -0.454 e. The van der Waals surface area contributed by atoms with Crippen molar-refractivity contribution < 1.29 is 14.3 Å². The fourth-order valence-corrected chi connectivity index (χ4v) is 2.30. The number of fused-ring (bicyclic) bond motifs is 1. The molecule has 0 fully saturated rings. The first-order valence-corrected chi connectivity index (χ1v) is 7.17. The standard InChI is InChI=1S/C17H18N2O3/c1-12-4-2-3-5-13(12)9-18-10-17(20)19-14-6-7-15-16(8-14)22-11-21-15/h2-8,18H,9-11H2,1H3,(H,19,20). The number of benzene rings is 2. The number of amides is 1. The Bertz CT molecular complexity index is 685. The van der Waals surface area contributed by atoms with Crippen molar-refractivity contribution in [2.24, 2.45) is 0 Å². The molecule has 2 aromatic rings. The van der Waals surface area contributed by atoms with E-state index >= 15 is 0 Å². The lowest BCUT2D eigenvalue weighted by molar-refractivity contribution is -0.115. The molecule has 0 unspecified atom stereocenters. The largest absolute Gasteiger partial charge is 0.454 e. The molecule has 5 nitrogen and oxygen atoms in total. The fraction of sp³-hybridized carbons (Fsp3) is 0.235. The third-order valence-electron chi connectivity index (χ3n) is 3.52. The number of ether oxygens (including phenoxy) is 2. The Morgan fingerprint density at radius 2 is 1.95 bits per heavy atom. The van der Waals surface area contributed by atoms with Crippen molar-refractivity contribution in [1.29, 1.82) is 0 Å². The van der Waals surface area contributed by atoms with Gasteiger partial charge in [-0.3, -0.25) is 4.79 Å². The summed E-state index contributed by atoms with van der Waals surface area (Å²) < 4.78 is 10.5. The third-order valence-corrected chi connectivity index (χ3v) is 3.52. The molecule has 3 rings (SSSR count). The highest BCUT2D eigenvalue weighted by Crippen LogP contribution is 2.34. The molecule has 22 heavy (non-hydrogen) atoms. The average molecular weight is 298 g/mol. The Kier molecular flexibility index (Phi) is 4.25. The number of rotatable bonds is 5. The van der Waals surface area contributed by atoms with Crippen LogP contribution in [0.3, 0.4) is 0 Å². The highest BCUT2D eigenvalue weighted by molar-refractivity contribution is 5.92. The van der Waals surface area contributed by atoms with E-state index in [1.807, 2.05) is 12.1 Å². The second kappa shape index (κ2) is 6.49. The summed E-state index contributed by atoms with van der Waals surface area (Å²) in [5, 5.41) is 5.98. The van der Waals surface area contributed by atoms with Crippen LogP contribution < -0.4 is 20.1 Å². The van der Waals surface area contributed by atoms with E-state index < -0.39 is 0 Å². The average Bonchev–Trinajstić information content (AvgIpc) is 2.97. The highest BCUT2D eigenvalue weighted by atomic mass is 16.7. The van der Waals surface area contributed by atoms with E-state index in [0.29, 0.717) is 23.7 Å². The summed E-state index contributed by atoms with van der Waals surface area (Å²) in [5.41, 5.74) is 3.11. The summed E-state index contributed by atoms with van der Waals surface area (Å²) in [7, 11) is 0. The SMILES string of the molecule is Cc1ccccc1CNCC(=O)Nc1ccc2c(c1)OCO2. The van der Waals surface area contributed by atoms with Crippen molar-refractivity contribution in [1.82, 2.24) is 5.32 Å². The first-order valence-electron chi connectivity index (χ1n) is 7.17. The van der Waals surface area contributed by atoms with Crippen molar-refractivity contribution >= 4 is 11.6 Å². The normalized spacial score (nSPS) is 12.2. The fourth-order valence-electron chi connectivity index (χ4n) is 2.30. The van der Waals surface area contributed by atoms with Crippen LogP contribution in [0.1, 0.15) is 11.1 Å². The third kappa shape index (κ3) is 3.38. The van der Waals surface area contributed by atoms with Gasteiger partial charge >= 0.3 is 0 Å². The Balaban J connectivity index is 1.49. The first kappa shape index (κ1) is 14.4. The summed E-state index contributed by atoms with van der Waals surface area (Å²) >= 11 is 0. The van der Waals surface area contributed by atoms with Gasteiger partial charge in [0, 0.05) is 18.3 Å². The molecule has 1 amide bonds. The van der Waals surface area contributed by atoms with Gasteiger partial charge in [0.05, 0.1) is 6.54 Å². The first-order chi connectivity index (χ1) is 10.7. The topological polar surface area (TPSA) is 59.6 Å². The molecule has 1 heterocycles. The van der Waals surface area contributed by atoms with Gasteiger partial charge in [0.15, 0.2) is 11.5 Å². The maximum Gasteiger partial charge on any atom is 0.238 e. The van der Waals surface area contributed by atoms with Crippen molar-refractivity contribution in [2.75, 3.05) is 18.7 Å². The molecule has 1 aliphatic heterocycles. The summed E-state index contributed by atoms with van der Waals surface area (Å²) in [6, 6.07) is 13.5. The zero-order valence-corrected chi connectivity index (χ0v) is 12.4. The maximum absolute atomic E-state index is 11.9. The number of carbonyl (C=O) groups is 1. The van der Waals surface area contributed by atoms with Gasteiger partial charge in [-0.2, -0.15) is 0 Å². The van der Waals surface area contributed by atoms with E-state index in [1.165, 1.54) is 11.1 Å². The molecular formula is C17H18N2O3. The van der Waals surface area contributed by atoms with Gasteiger partial charge in [-0.05, 0) is 30.2 Å². The molecule has 0 atom stereocenters. The molecule has 5 heteroatoms. The summed E-state index contributed by atoms with van der Waals surface area (Å²) in [6.45, 7) is 3.21. The monoisotopic (exact) mass is 298 g/mol. The lowest BCUT2D eigenvalue weighted by atomic mass is 10.1. The Labute approximate surface area is 129 Å². The molecular weight excluding hydrogens is 280 g/mol. The van der Waals surface area contributed by atoms with Crippen molar-refractivity contribution in [3.8, 4) is 11.5 Å². The molecule has 0 radical (unpaired) electrons. The summed E-state index contributed by atoms with van der Waals surface area (Å²) in [5.74, 6) is 1.27. The van der Waals surface area contributed by atoms with E-state index in [-0.39, 0.29) is 19.2 Å². The smallest absolute Gasteiger partial charge is 0.238 e. The number of anilines is 1. The summed E-state index contributed by atoms with van der Waals surface area (Å²) in [4.78, 5) is 11.9. The second-order valence-electron chi connectivity index (χ2n) is 5.15. The molecule has 2 N–H and O–H groups in total. The Morgan fingerprint density at radius 1 is 1.14 bits per heavy atom. The molecule has 2 aromatic carbocycles. The quantitative estimate of drug-likeness (QED) is 0.890. The number of hydrogen-bond acceptors (Lipinski definition) is 4. The van der Waals surface area contributed by atoms with Crippen LogP contribution >= 0.6 is 0 Å². The van der Waals surface area contributed by atoms with Crippen LogP contribution in [0.15, 0.2) is 42.5 Å². The predicted molar refractivity (Wildman–Crippen MR) is 84.1 cm³/mol. The zero-order chi connectivity index (χ0) is 15.4. The van der Waals surface area contributed by atoms with E-state index in [0.717, 1.165) is 0 Å². The van der Waals surface area contributed by atoms with Gasteiger partial charge < -0.3 is 20.1 Å². The lowest BCUT2D eigenvalue weighted by Gasteiger charge is -2.09. The molecule has 0 aliphatic carbocycles. The van der Waals surface area contributed by atoms with Crippen molar-refractivity contribution in [3.63, 3.8) is 0 Å². The van der Waals surface area contributed by atoms with Crippen LogP contribution in [0, 0.1) is 6.92 Å². The van der Waals surface area contributed by atoms with Crippen LogP contribution in [0.4, 0.5) is 5.69 Å². The maximum atomic E-state index is 11.9. The number of carbonyl (C=O) groups excluding carboxylic acids is 1. The number of nitrogens with one attached hydrogen (secondary N) is 2. The molecule has 0 saturated carbocycles. The minimum absolute atomic E-state index is 0.0903. The van der Waals surface area contributed by atoms with Gasteiger partial charge in [-0.15, -0.1) is 0 Å². The minimum atomic E-state index is -0.0903. The molecule has 1 aliphatic rings. The number of aryl methyl sites for hydroxylation is 1. The summed E-state index contributed by atoms with van der Waals surface area (Å²) in [6.07, 6.45) is 0. The van der Waals surface area contributed by atoms with E-state index in [9.17, 15) is 4.79 Å². The van der Waals surface area contributed by atoms with Gasteiger partial charge in [0.1, 0.15) is 0 Å². The number of hydrogen-bond donors (Lipinski definition) is 2. The van der Waals surface area contributed by atoms with Crippen LogP contribution in [-0.4, -0.2) is 19.2 Å². The van der Waals surface area contributed by atoms with E-state index in [1.54, 1.807) is 18.2 Å². The van der Waals surface area contributed by atoms with Crippen molar-refractivity contribution in [2.45, 2.75) is 13.5 Å². The molecule has 114 valence electrons. The van der Waals surface area contributed by atoms with Crippen LogP contribution in [0.25, 0.3) is 0 Å². The predicted octanol–water partition coefficient (Wildman–Crippen LogP) is 2.45. The molecule has 0 aromatic heterocycles. The van der Waals surface area contributed by atoms with E-state index in [4.69, 9.17) is 9.47 Å². The van der Waals surface area contributed by atoms with Gasteiger partial charge in [0.25, 0.3) is 0 Å². The van der Waals surface area contributed by atoms with E-state index in [2.05, 4.69) is 29.7 Å². The van der Waals surface area contributed by atoms with Crippen LogP contribution in [0.2, 0.25) is 0 Å². The lowest BCUT2D eigenvalue weighted by Crippen LogP contribution is -2.27. The zero-order valence-electron chi connectivity index (χ0n) is 12.4. The molecule has 0 saturated heterocycles. The Hall–Kier alpha value is -2.53. The molecule has 0 bridgehead atoms. The Morgan fingerprint density at radius 3 is 2.82 bits per heavy atom. The van der Waals surface area contributed by atoms with Gasteiger partial charge in [-0.1, -0.05) is 24.3 Å². The van der Waals surface area contributed by atoms with Crippen molar-refractivity contribution in [3.05, 3.63) is 53.6 Å².